The zero-order valence-electron chi connectivity index (χ0n) is 13.7. The van der Waals surface area contributed by atoms with Crippen LogP contribution in [-0.2, 0) is 6.54 Å². The molecule has 1 aliphatic heterocycles. The zero-order chi connectivity index (χ0) is 16.9. The van der Waals surface area contributed by atoms with E-state index in [2.05, 4.69) is 43.1 Å². The van der Waals surface area contributed by atoms with Crippen molar-refractivity contribution in [3.8, 4) is 0 Å². The first-order chi connectivity index (χ1) is 11.6. The van der Waals surface area contributed by atoms with Crippen LogP contribution in [0.4, 0.5) is 5.82 Å². The maximum atomic E-state index is 12.4. The highest BCUT2D eigenvalue weighted by Gasteiger charge is 2.15. The van der Waals surface area contributed by atoms with Gasteiger partial charge in [0.1, 0.15) is 5.82 Å². The quantitative estimate of drug-likeness (QED) is 0.874. The van der Waals surface area contributed by atoms with E-state index < -0.39 is 0 Å². The SMILES string of the molecule is CN1CCN(Cc2cccc(NC(=O)c3ccccc3Br)n2)CC1. The lowest BCUT2D eigenvalue weighted by Crippen LogP contribution is -2.44. The number of halogens is 1. The molecule has 0 saturated carbocycles. The number of hydrogen-bond acceptors (Lipinski definition) is 4. The summed E-state index contributed by atoms with van der Waals surface area (Å²) in [6, 6.07) is 13.1. The van der Waals surface area contributed by atoms with Gasteiger partial charge < -0.3 is 10.2 Å². The fourth-order valence-corrected chi connectivity index (χ4v) is 3.17. The van der Waals surface area contributed by atoms with E-state index in [9.17, 15) is 4.79 Å². The number of carbonyl (C=O) groups is 1. The van der Waals surface area contributed by atoms with Crippen LogP contribution in [0.15, 0.2) is 46.9 Å². The molecule has 0 aliphatic carbocycles. The topological polar surface area (TPSA) is 48.5 Å². The summed E-state index contributed by atoms with van der Waals surface area (Å²) in [6.07, 6.45) is 0. The Morgan fingerprint density at radius 3 is 2.62 bits per heavy atom. The fraction of sp³-hybridized carbons (Fsp3) is 0.333. The van der Waals surface area contributed by atoms with Crippen LogP contribution in [0.25, 0.3) is 0 Å². The Balaban J connectivity index is 1.65. The standard InChI is InChI=1S/C18H21BrN4O/c1-22-9-11-23(12-10-22)13-14-5-4-8-17(20-14)21-18(24)15-6-2-3-7-16(15)19/h2-8H,9-13H2,1H3,(H,20,21,24). The number of likely N-dealkylation sites (N-methyl/N-ethyl adjacent to an activating group) is 1. The Bertz CT molecular complexity index is 714. The van der Waals surface area contributed by atoms with Crippen LogP contribution < -0.4 is 5.32 Å². The van der Waals surface area contributed by atoms with Gasteiger partial charge in [-0.2, -0.15) is 0 Å². The third kappa shape index (κ3) is 4.41. The first-order valence-electron chi connectivity index (χ1n) is 8.04. The lowest BCUT2D eigenvalue weighted by atomic mass is 10.2. The highest BCUT2D eigenvalue weighted by Crippen LogP contribution is 2.17. The molecule has 1 amide bonds. The monoisotopic (exact) mass is 388 g/mol. The molecule has 1 saturated heterocycles. The minimum absolute atomic E-state index is 0.160. The summed E-state index contributed by atoms with van der Waals surface area (Å²) < 4.78 is 0.774. The predicted molar refractivity (Wildman–Crippen MR) is 99.1 cm³/mol. The Labute approximate surface area is 150 Å². The van der Waals surface area contributed by atoms with E-state index in [4.69, 9.17) is 0 Å². The summed E-state index contributed by atoms with van der Waals surface area (Å²) in [5.74, 6) is 0.425. The van der Waals surface area contributed by atoms with Crippen molar-refractivity contribution in [3.63, 3.8) is 0 Å². The van der Waals surface area contributed by atoms with Gasteiger partial charge in [0.2, 0.25) is 0 Å². The van der Waals surface area contributed by atoms with Crippen molar-refractivity contribution in [1.82, 2.24) is 14.8 Å². The predicted octanol–water partition coefficient (Wildman–Crippen LogP) is 2.84. The van der Waals surface area contributed by atoms with Crippen molar-refractivity contribution >= 4 is 27.7 Å². The number of rotatable bonds is 4. The van der Waals surface area contributed by atoms with E-state index >= 15 is 0 Å². The van der Waals surface area contributed by atoms with E-state index in [1.165, 1.54) is 0 Å². The zero-order valence-corrected chi connectivity index (χ0v) is 15.3. The summed E-state index contributed by atoms with van der Waals surface area (Å²) in [5, 5.41) is 2.88. The lowest BCUT2D eigenvalue weighted by molar-refractivity contribution is 0.102. The molecule has 0 atom stereocenters. The van der Waals surface area contributed by atoms with Gasteiger partial charge in [0.25, 0.3) is 5.91 Å². The smallest absolute Gasteiger partial charge is 0.257 e. The number of nitrogens with one attached hydrogen (secondary N) is 1. The maximum absolute atomic E-state index is 12.4. The maximum Gasteiger partial charge on any atom is 0.257 e. The number of pyridine rings is 1. The molecule has 5 nitrogen and oxygen atoms in total. The van der Waals surface area contributed by atoms with E-state index in [1.54, 1.807) is 6.07 Å². The molecule has 1 aliphatic rings. The van der Waals surface area contributed by atoms with Gasteiger partial charge in [-0.15, -0.1) is 0 Å². The molecule has 0 bridgehead atoms. The van der Waals surface area contributed by atoms with E-state index in [1.807, 2.05) is 36.4 Å². The van der Waals surface area contributed by atoms with Crippen LogP contribution in [0.1, 0.15) is 16.1 Å². The summed E-state index contributed by atoms with van der Waals surface area (Å²) in [7, 11) is 2.15. The summed E-state index contributed by atoms with van der Waals surface area (Å²) in [5.41, 5.74) is 1.58. The number of piperazine rings is 1. The van der Waals surface area contributed by atoms with Crippen LogP contribution in [0.5, 0.6) is 0 Å². The average Bonchev–Trinajstić information content (AvgIpc) is 2.58. The molecule has 0 radical (unpaired) electrons. The minimum Gasteiger partial charge on any atom is -0.307 e. The van der Waals surface area contributed by atoms with E-state index in [0.717, 1.165) is 42.9 Å². The number of amides is 1. The summed E-state index contributed by atoms with van der Waals surface area (Å²) >= 11 is 3.40. The van der Waals surface area contributed by atoms with Crippen molar-refractivity contribution in [1.29, 1.82) is 0 Å². The van der Waals surface area contributed by atoms with Crippen molar-refractivity contribution in [2.75, 3.05) is 38.5 Å². The molecule has 1 fully saturated rings. The fourth-order valence-electron chi connectivity index (χ4n) is 2.70. The molecule has 2 heterocycles. The first-order valence-corrected chi connectivity index (χ1v) is 8.84. The minimum atomic E-state index is -0.160. The molecular formula is C18H21BrN4O. The molecule has 3 rings (SSSR count). The van der Waals surface area contributed by atoms with Crippen molar-refractivity contribution in [2.45, 2.75) is 6.54 Å². The second kappa shape index (κ2) is 7.88. The molecule has 0 unspecified atom stereocenters. The number of benzene rings is 1. The van der Waals surface area contributed by atoms with Crippen LogP contribution in [0.2, 0.25) is 0 Å². The number of anilines is 1. The molecule has 126 valence electrons. The second-order valence-corrected chi connectivity index (χ2v) is 6.88. The summed E-state index contributed by atoms with van der Waals surface area (Å²) in [4.78, 5) is 21.7. The average molecular weight is 389 g/mol. The molecule has 1 aromatic carbocycles. The third-order valence-electron chi connectivity index (χ3n) is 4.15. The molecule has 0 spiro atoms. The molecular weight excluding hydrogens is 368 g/mol. The van der Waals surface area contributed by atoms with E-state index in [-0.39, 0.29) is 5.91 Å². The van der Waals surface area contributed by atoms with E-state index in [0.29, 0.717) is 11.4 Å². The van der Waals surface area contributed by atoms with Crippen molar-refractivity contribution in [3.05, 3.63) is 58.2 Å². The van der Waals surface area contributed by atoms with Gasteiger partial charge in [-0.3, -0.25) is 9.69 Å². The molecule has 24 heavy (non-hydrogen) atoms. The lowest BCUT2D eigenvalue weighted by Gasteiger charge is -2.32. The van der Waals surface area contributed by atoms with Crippen LogP contribution >= 0.6 is 15.9 Å². The number of hydrogen-bond donors (Lipinski definition) is 1. The third-order valence-corrected chi connectivity index (χ3v) is 4.84. The molecule has 1 aromatic heterocycles. The van der Waals surface area contributed by atoms with Crippen LogP contribution in [0.3, 0.4) is 0 Å². The van der Waals surface area contributed by atoms with Gasteiger partial charge in [0, 0.05) is 37.2 Å². The van der Waals surface area contributed by atoms with Crippen LogP contribution in [-0.4, -0.2) is 53.9 Å². The Morgan fingerprint density at radius 1 is 1.12 bits per heavy atom. The van der Waals surface area contributed by atoms with Gasteiger partial charge in [-0.05, 0) is 47.2 Å². The Hall–Kier alpha value is -1.76. The number of carbonyl (C=O) groups excluding carboxylic acids is 1. The highest BCUT2D eigenvalue weighted by atomic mass is 79.9. The van der Waals surface area contributed by atoms with Gasteiger partial charge in [0.05, 0.1) is 11.3 Å². The first kappa shape index (κ1) is 17.1. The van der Waals surface area contributed by atoms with Gasteiger partial charge >= 0.3 is 0 Å². The Kier molecular flexibility index (Phi) is 5.60. The Morgan fingerprint density at radius 2 is 1.88 bits per heavy atom. The van der Waals surface area contributed by atoms with Gasteiger partial charge in [-0.1, -0.05) is 18.2 Å². The molecule has 2 aromatic rings. The number of nitrogens with zero attached hydrogens (tertiary/aromatic N) is 3. The second-order valence-electron chi connectivity index (χ2n) is 6.03. The van der Waals surface area contributed by atoms with Crippen molar-refractivity contribution in [2.24, 2.45) is 0 Å². The van der Waals surface area contributed by atoms with Gasteiger partial charge in [0.15, 0.2) is 0 Å². The number of aromatic nitrogens is 1. The van der Waals surface area contributed by atoms with Crippen molar-refractivity contribution < 1.29 is 4.79 Å². The largest absolute Gasteiger partial charge is 0.307 e. The van der Waals surface area contributed by atoms with Crippen LogP contribution in [0, 0.1) is 0 Å². The molecule has 1 N–H and O–H groups in total. The highest BCUT2D eigenvalue weighted by molar-refractivity contribution is 9.10. The molecule has 6 heteroatoms. The summed E-state index contributed by atoms with van der Waals surface area (Å²) in [6.45, 7) is 5.07. The van der Waals surface area contributed by atoms with Gasteiger partial charge in [-0.25, -0.2) is 4.98 Å². The normalized spacial score (nSPS) is 16.1.